The smallest absolute Gasteiger partial charge is 0.192 e. The zero-order chi connectivity index (χ0) is 19.8. The van der Waals surface area contributed by atoms with Crippen LogP contribution in [-0.4, -0.2) is 55.8 Å². The van der Waals surface area contributed by atoms with E-state index in [4.69, 9.17) is 0 Å². The van der Waals surface area contributed by atoms with E-state index in [1.807, 2.05) is 24.3 Å². The molecular weight excluding hydrogens is 364 g/mol. The Labute approximate surface area is 169 Å². The van der Waals surface area contributed by atoms with Crippen LogP contribution >= 0.6 is 0 Å². The van der Waals surface area contributed by atoms with Crippen LogP contribution in [0.3, 0.4) is 0 Å². The first-order chi connectivity index (χ1) is 14.2. The highest BCUT2D eigenvalue weighted by Crippen LogP contribution is 2.37. The lowest BCUT2D eigenvalue weighted by Crippen LogP contribution is -2.51. The highest BCUT2D eigenvalue weighted by atomic mass is 15.6. The first-order valence-corrected chi connectivity index (χ1v) is 9.96. The number of fused-ring (bicyclic) bond motifs is 1. The minimum atomic E-state index is 0.194. The van der Waals surface area contributed by atoms with Gasteiger partial charge in [0.15, 0.2) is 5.82 Å². The Morgan fingerprint density at radius 3 is 2.93 bits per heavy atom. The summed E-state index contributed by atoms with van der Waals surface area (Å²) < 4.78 is 0. The van der Waals surface area contributed by atoms with E-state index in [1.165, 1.54) is 5.56 Å². The van der Waals surface area contributed by atoms with Crippen molar-refractivity contribution in [3.63, 3.8) is 0 Å². The van der Waals surface area contributed by atoms with Crippen LogP contribution in [0.2, 0.25) is 0 Å². The van der Waals surface area contributed by atoms with Gasteiger partial charge in [0.05, 0.1) is 17.3 Å². The number of aryl methyl sites for hydroxylation is 1. The van der Waals surface area contributed by atoms with Gasteiger partial charge < -0.3 is 4.90 Å². The number of nitrogens with zero attached hydrogens (tertiary/aromatic N) is 8. The molecule has 0 spiro atoms. The summed E-state index contributed by atoms with van der Waals surface area (Å²) in [7, 11) is 0. The lowest BCUT2D eigenvalue weighted by Gasteiger charge is -2.40. The molecule has 3 aromatic rings. The predicted octanol–water partition coefficient (Wildman–Crippen LogP) is 2.26. The number of benzene rings is 1. The van der Waals surface area contributed by atoms with E-state index in [2.05, 4.69) is 55.3 Å². The Balaban J connectivity index is 1.33. The summed E-state index contributed by atoms with van der Waals surface area (Å²) in [5.74, 6) is 1.58. The van der Waals surface area contributed by atoms with Gasteiger partial charge in [0.2, 0.25) is 0 Å². The van der Waals surface area contributed by atoms with Gasteiger partial charge in [-0.25, -0.2) is 4.98 Å². The van der Waals surface area contributed by atoms with Crippen molar-refractivity contribution in [2.75, 3.05) is 24.5 Å². The molecule has 0 N–H and O–H groups in total. The summed E-state index contributed by atoms with van der Waals surface area (Å²) in [5.41, 5.74) is 2.74. The van der Waals surface area contributed by atoms with Crippen molar-refractivity contribution in [2.45, 2.75) is 31.8 Å². The van der Waals surface area contributed by atoms with Gasteiger partial charge >= 0.3 is 0 Å². The molecule has 2 aliphatic rings. The molecule has 2 aliphatic heterocycles. The first-order valence-electron chi connectivity index (χ1n) is 9.96. The van der Waals surface area contributed by atoms with E-state index >= 15 is 0 Å². The zero-order valence-electron chi connectivity index (χ0n) is 16.3. The Morgan fingerprint density at radius 1 is 1.14 bits per heavy atom. The van der Waals surface area contributed by atoms with Crippen LogP contribution in [0.15, 0.2) is 42.6 Å². The number of hydrogen-bond donors (Lipinski definition) is 0. The summed E-state index contributed by atoms with van der Waals surface area (Å²) >= 11 is 0. The monoisotopic (exact) mass is 386 g/mol. The minimum absolute atomic E-state index is 0.194. The standard InChI is InChI=1S/C21H22N8/c1-15-4-2-6-17(12-15)29-25-20(24-26-29)19-8-7-18-14-27(10-11-28(18)19)21-16(13-22)5-3-9-23-21/h2-6,9,12,18-19H,7-8,10-11,14H2,1H3. The molecule has 0 radical (unpaired) electrons. The normalized spacial score (nSPS) is 21.7. The van der Waals surface area contributed by atoms with Crippen LogP contribution in [0.4, 0.5) is 5.82 Å². The van der Waals surface area contributed by atoms with Crippen LogP contribution in [-0.2, 0) is 0 Å². The van der Waals surface area contributed by atoms with Gasteiger partial charge in [-0.05, 0) is 54.8 Å². The maximum Gasteiger partial charge on any atom is 0.192 e. The molecule has 8 heteroatoms. The number of hydrogen-bond acceptors (Lipinski definition) is 7. The topological polar surface area (TPSA) is 86.8 Å². The molecule has 146 valence electrons. The summed E-state index contributed by atoms with van der Waals surface area (Å²) in [6.45, 7) is 4.66. The third-order valence-corrected chi connectivity index (χ3v) is 5.87. The Hall–Kier alpha value is -3.31. The van der Waals surface area contributed by atoms with E-state index in [-0.39, 0.29) is 6.04 Å². The molecule has 0 saturated carbocycles. The molecule has 2 unspecified atom stereocenters. The highest BCUT2D eigenvalue weighted by Gasteiger charge is 2.40. The number of aromatic nitrogens is 5. The minimum Gasteiger partial charge on any atom is -0.353 e. The molecule has 29 heavy (non-hydrogen) atoms. The molecule has 4 heterocycles. The Kier molecular flexibility index (Phi) is 4.45. The predicted molar refractivity (Wildman–Crippen MR) is 108 cm³/mol. The Morgan fingerprint density at radius 2 is 2.07 bits per heavy atom. The fourth-order valence-corrected chi connectivity index (χ4v) is 4.48. The average Bonchev–Trinajstić information content (AvgIpc) is 3.40. The lowest BCUT2D eigenvalue weighted by molar-refractivity contribution is 0.170. The molecule has 2 atom stereocenters. The van der Waals surface area contributed by atoms with Gasteiger partial charge in [0, 0.05) is 31.9 Å². The molecule has 2 aromatic heterocycles. The summed E-state index contributed by atoms with van der Waals surface area (Å²) in [5, 5.41) is 22.7. The van der Waals surface area contributed by atoms with E-state index in [1.54, 1.807) is 11.0 Å². The quantitative estimate of drug-likeness (QED) is 0.682. The van der Waals surface area contributed by atoms with Crippen molar-refractivity contribution in [1.82, 2.24) is 30.1 Å². The number of anilines is 1. The number of nitriles is 1. The second-order valence-electron chi connectivity index (χ2n) is 7.69. The van der Waals surface area contributed by atoms with Gasteiger partial charge in [-0.15, -0.1) is 15.0 Å². The van der Waals surface area contributed by atoms with Gasteiger partial charge in [-0.3, -0.25) is 4.90 Å². The zero-order valence-corrected chi connectivity index (χ0v) is 16.3. The molecule has 0 bridgehead atoms. The number of pyridine rings is 1. The molecule has 2 saturated heterocycles. The highest BCUT2D eigenvalue weighted by molar-refractivity contribution is 5.54. The summed E-state index contributed by atoms with van der Waals surface area (Å²) in [6.07, 6.45) is 3.85. The fraction of sp³-hybridized carbons (Fsp3) is 0.381. The summed E-state index contributed by atoms with van der Waals surface area (Å²) in [4.78, 5) is 10.8. The summed E-state index contributed by atoms with van der Waals surface area (Å²) in [6, 6.07) is 14.6. The van der Waals surface area contributed by atoms with Crippen LogP contribution in [0, 0.1) is 18.3 Å². The number of tetrazole rings is 1. The number of rotatable bonds is 3. The van der Waals surface area contributed by atoms with Crippen LogP contribution in [0.25, 0.3) is 5.69 Å². The third kappa shape index (κ3) is 3.23. The van der Waals surface area contributed by atoms with Crippen molar-refractivity contribution in [3.05, 3.63) is 59.5 Å². The van der Waals surface area contributed by atoms with E-state index in [0.29, 0.717) is 11.6 Å². The second kappa shape index (κ2) is 7.26. The van der Waals surface area contributed by atoms with E-state index < -0.39 is 0 Å². The molecule has 1 aromatic carbocycles. The fourth-order valence-electron chi connectivity index (χ4n) is 4.48. The average molecular weight is 386 g/mol. The van der Waals surface area contributed by atoms with Crippen LogP contribution in [0.5, 0.6) is 0 Å². The van der Waals surface area contributed by atoms with Gasteiger partial charge in [-0.1, -0.05) is 12.1 Å². The van der Waals surface area contributed by atoms with Gasteiger partial charge in [0.1, 0.15) is 11.9 Å². The Bertz CT molecular complexity index is 1070. The second-order valence-corrected chi connectivity index (χ2v) is 7.69. The van der Waals surface area contributed by atoms with E-state index in [0.717, 1.165) is 49.8 Å². The van der Waals surface area contributed by atoms with Crippen LogP contribution in [0.1, 0.15) is 35.8 Å². The van der Waals surface area contributed by atoms with Crippen LogP contribution < -0.4 is 4.90 Å². The molecular formula is C21H22N8. The van der Waals surface area contributed by atoms with Gasteiger partial charge in [-0.2, -0.15) is 5.26 Å². The van der Waals surface area contributed by atoms with E-state index in [9.17, 15) is 5.26 Å². The largest absolute Gasteiger partial charge is 0.353 e. The molecule has 0 amide bonds. The third-order valence-electron chi connectivity index (χ3n) is 5.87. The number of piperazine rings is 1. The molecule has 2 fully saturated rings. The molecule has 8 nitrogen and oxygen atoms in total. The maximum absolute atomic E-state index is 9.39. The molecule has 5 rings (SSSR count). The molecule has 0 aliphatic carbocycles. The van der Waals surface area contributed by atoms with Crippen molar-refractivity contribution in [2.24, 2.45) is 0 Å². The van der Waals surface area contributed by atoms with Crippen molar-refractivity contribution in [3.8, 4) is 11.8 Å². The van der Waals surface area contributed by atoms with Crippen molar-refractivity contribution < 1.29 is 0 Å². The maximum atomic E-state index is 9.39. The van der Waals surface area contributed by atoms with Crippen molar-refractivity contribution in [1.29, 1.82) is 5.26 Å². The van der Waals surface area contributed by atoms with Gasteiger partial charge in [0.25, 0.3) is 0 Å². The van der Waals surface area contributed by atoms with Crippen molar-refractivity contribution >= 4 is 5.82 Å². The first kappa shape index (κ1) is 17.8. The SMILES string of the molecule is Cc1cccc(-n2nnc(C3CCC4CN(c5ncccc5C#N)CCN43)n2)c1. The lowest BCUT2D eigenvalue weighted by atomic mass is 10.1.